The molecule has 0 unspecified atom stereocenters. The monoisotopic (exact) mass is 227 g/mol. The van der Waals surface area contributed by atoms with E-state index in [0.29, 0.717) is 5.92 Å². The lowest BCUT2D eigenvalue weighted by atomic mass is 9.82. The lowest BCUT2D eigenvalue weighted by molar-refractivity contribution is -0.147. The van der Waals surface area contributed by atoms with Crippen molar-refractivity contribution in [2.75, 3.05) is 0 Å². The first-order chi connectivity index (χ1) is 7.33. The minimum atomic E-state index is -1.17. The van der Waals surface area contributed by atoms with Crippen molar-refractivity contribution in [3.05, 3.63) is 0 Å². The number of amides is 1. The molecule has 0 heterocycles. The standard InChI is InChI=1S/C12H21NO3/c1-8-4-6-9(7-5-8)10(14)13-12(2,3)11(15)16/h8-9H,4-7H2,1-3H3,(H,13,14)(H,15,16). The molecule has 1 aliphatic carbocycles. The minimum absolute atomic E-state index is 0.00479. The maximum atomic E-state index is 11.9. The number of nitrogens with one attached hydrogen (secondary N) is 1. The summed E-state index contributed by atoms with van der Waals surface area (Å²) >= 11 is 0. The molecule has 1 rings (SSSR count). The van der Waals surface area contributed by atoms with E-state index in [1.807, 2.05) is 0 Å². The second-order valence-electron chi connectivity index (χ2n) is 5.38. The van der Waals surface area contributed by atoms with Crippen LogP contribution in [0.3, 0.4) is 0 Å². The molecule has 0 spiro atoms. The van der Waals surface area contributed by atoms with Crippen LogP contribution in [0, 0.1) is 11.8 Å². The van der Waals surface area contributed by atoms with Crippen molar-refractivity contribution in [1.82, 2.24) is 5.32 Å². The summed E-state index contributed by atoms with van der Waals surface area (Å²) in [5, 5.41) is 11.5. The maximum absolute atomic E-state index is 11.9. The summed E-state index contributed by atoms with van der Waals surface area (Å²) in [6.07, 6.45) is 3.88. The quantitative estimate of drug-likeness (QED) is 0.772. The Kier molecular flexibility index (Phi) is 3.94. The summed E-state index contributed by atoms with van der Waals surface area (Å²) in [6, 6.07) is 0. The molecule has 0 saturated heterocycles. The molecule has 0 radical (unpaired) electrons. The van der Waals surface area contributed by atoms with E-state index in [0.717, 1.165) is 25.7 Å². The first kappa shape index (κ1) is 13.0. The molecule has 0 aromatic rings. The average Bonchev–Trinajstić information content (AvgIpc) is 2.17. The predicted molar refractivity (Wildman–Crippen MR) is 61.0 cm³/mol. The summed E-state index contributed by atoms with van der Waals surface area (Å²) in [6.45, 7) is 5.21. The van der Waals surface area contributed by atoms with E-state index >= 15 is 0 Å². The Labute approximate surface area is 96.4 Å². The molecule has 0 atom stereocenters. The van der Waals surface area contributed by atoms with E-state index < -0.39 is 11.5 Å². The summed E-state index contributed by atoms with van der Waals surface area (Å²) in [4.78, 5) is 22.7. The van der Waals surface area contributed by atoms with Crippen LogP contribution in [0.1, 0.15) is 46.5 Å². The molecule has 1 aliphatic rings. The van der Waals surface area contributed by atoms with Crippen LogP contribution >= 0.6 is 0 Å². The molecule has 4 nitrogen and oxygen atoms in total. The summed E-state index contributed by atoms with van der Waals surface area (Å²) in [5.74, 6) is -0.421. The number of hydrogen-bond donors (Lipinski definition) is 2. The molecule has 1 fully saturated rings. The normalized spacial score (nSPS) is 26.2. The van der Waals surface area contributed by atoms with Crippen molar-refractivity contribution in [2.45, 2.75) is 52.0 Å². The van der Waals surface area contributed by atoms with E-state index in [4.69, 9.17) is 5.11 Å². The van der Waals surface area contributed by atoms with Crippen molar-refractivity contribution in [3.8, 4) is 0 Å². The molecule has 1 saturated carbocycles. The van der Waals surface area contributed by atoms with Crippen LogP contribution in [0.2, 0.25) is 0 Å². The van der Waals surface area contributed by atoms with Gasteiger partial charge in [-0.05, 0) is 45.4 Å². The maximum Gasteiger partial charge on any atom is 0.328 e. The number of carboxylic acids is 1. The van der Waals surface area contributed by atoms with E-state index in [1.54, 1.807) is 0 Å². The fraction of sp³-hybridized carbons (Fsp3) is 0.833. The SMILES string of the molecule is CC1CCC(C(=O)NC(C)(C)C(=O)O)CC1. The third-order valence-electron chi connectivity index (χ3n) is 3.36. The van der Waals surface area contributed by atoms with Gasteiger partial charge in [-0.15, -0.1) is 0 Å². The highest BCUT2D eigenvalue weighted by Crippen LogP contribution is 2.28. The Balaban J connectivity index is 2.50. The molecule has 0 aromatic heterocycles. The van der Waals surface area contributed by atoms with Gasteiger partial charge in [-0.25, -0.2) is 4.79 Å². The summed E-state index contributed by atoms with van der Waals surface area (Å²) in [7, 11) is 0. The van der Waals surface area contributed by atoms with Crippen molar-refractivity contribution in [2.24, 2.45) is 11.8 Å². The first-order valence-corrected chi connectivity index (χ1v) is 5.88. The van der Waals surface area contributed by atoms with Crippen LogP contribution in [0.15, 0.2) is 0 Å². The number of rotatable bonds is 3. The number of carbonyl (C=O) groups excluding carboxylic acids is 1. The zero-order chi connectivity index (χ0) is 12.3. The Bertz CT molecular complexity index is 278. The molecule has 0 bridgehead atoms. The van der Waals surface area contributed by atoms with Crippen molar-refractivity contribution in [1.29, 1.82) is 0 Å². The van der Waals surface area contributed by atoms with Gasteiger partial charge in [0.05, 0.1) is 0 Å². The molecule has 92 valence electrons. The fourth-order valence-corrected chi connectivity index (χ4v) is 1.99. The third kappa shape index (κ3) is 3.22. The highest BCUT2D eigenvalue weighted by Gasteiger charge is 2.32. The van der Waals surface area contributed by atoms with Crippen LogP contribution in [-0.2, 0) is 9.59 Å². The first-order valence-electron chi connectivity index (χ1n) is 5.88. The molecule has 2 N–H and O–H groups in total. The topological polar surface area (TPSA) is 66.4 Å². The van der Waals surface area contributed by atoms with Gasteiger partial charge in [0, 0.05) is 5.92 Å². The Hall–Kier alpha value is -1.06. The van der Waals surface area contributed by atoms with E-state index in [9.17, 15) is 9.59 Å². The molecule has 1 amide bonds. The molecular formula is C12H21NO3. The lowest BCUT2D eigenvalue weighted by Gasteiger charge is -2.29. The minimum Gasteiger partial charge on any atom is -0.480 e. The second kappa shape index (κ2) is 4.85. The Morgan fingerprint density at radius 2 is 1.69 bits per heavy atom. The van der Waals surface area contributed by atoms with Crippen LogP contribution in [0.5, 0.6) is 0 Å². The number of hydrogen-bond acceptors (Lipinski definition) is 2. The van der Waals surface area contributed by atoms with Gasteiger partial charge in [0.25, 0.3) is 0 Å². The van der Waals surface area contributed by atoms with Gasteiger partial charge in [-0.3, -0.25) is 4.79 Å². The number of carbonyl (C=O) groups is 2. The van der Waals surface area contributed by atoms with Gasteiger partial charge in [-0.1, -0.05) is 6.92 Å². The van der Waals surface area contributed by atoms with Crippen LogP contribution in [-0.4, -0.2) is 22.5 Å². The van der Waals surface area contributed by atoms with Gasteiger partial charge in [0.15, 0.2) is 0 Å². The van der Waals surface area contributed by atoms with Crippen molar-refractivity contribution in [3.63, 3.8) is 0 Å². The third-order valence-corrected chi connectivity index (χ3v) is 3.36. The van der Waals surface area contributed by atoms with Crippen molar-refractivity contribution < 1.29 is 14.7 Å². The average molecular weight is 227 g/mol. The highest BCUT2D eigenvalue weighted by atomic mass is 16.4. The molecule has 16 heavy (non-hydrogen) atoms. The summed E-state index contributed by atoms with van der Waals surface area (Å²) in [5.41, 5.74) is -1.17. The van der Waals surface area contributed by atoms with Crippen LogP contribution in [0.4, 0.5) is 0 Å². The molecular weight excluding hydrogens is 206 g/mol. The Morgan fingerprint density at radius 1 is 1.19 bits per heavy atom. The van der Waals surface area contributed by atoms with E-state index in [-0.39, 0.29) is 11.8 Å². The van der Waals surface area contributed by atoms with Gasteiger partial charge in [0.1, 0.15) is 5.54 Å². The van der Waals surface area contributed by atoms with Crippen LogP contribution < -0.4 is 5.32 Å². The van der Waals surface area contributed by atoms with Gasteiger partial charge in [-0.2, -0.15) is 0 Å². The summed E-state index contributed by atoms with van der Waals surface area (Å²) < 4.78 is 0. The second-order valence-corrected chi connectivity index (χ2v) is 5.38. The van der Waals surface area contributed by atoms with E-state index in [2.05, 4.69) is 12.2 Å². The molecule has 0 aromatic carbocycles. The lowest BCUT2D eigenvalue weighted by Crippen LogP contribution is -2.51. The number of carboxylic acid groups (broad SMARTS) is 1. The van der Waals surface area contributed by atoms with Gasteiger partial charge >= 0.3 is 5.97 Å². The molecule has 0 aliphatic heterocycles. The largest absolute Gasteiger partial charge is 0.480 e. The molecule has 4 heteroatoms. The van der Waals surface area contributed by atoms with Crippen LogP contribution in [0.25, 0.3) is 0 Å². The Morgan fingerprint density at radius 3 is 2.12 bits per heavy atom. The highest BCUT2D eigenvalue weighted by molar-refractivity contribution is 5.87. The van der Waals surface area contributed by atoms with Gasteiger partial charge < -0.3 is 10.4 Å². The van der Waals surface area contributed by atoms with Gasteiger partial charge in [0.2, 0.25) is 5.91 Å². The fourth-order valence-electron chi connectivity index (χ4n) is 1.99. The zero-order valence-electron chi connectivity index (χ0n) is 10.2. The zero-order valence-corrected chi connectivity index (χ0v) is 10.2. The van der Waals surface area contributed by atoms with Crippen molar-refractivity contribution >= 4 is 11.9 Å². The smallest absolute Gasteiger partial charge is 0.328 e. The predicted octanol–water partition coefficient (Wildman–Crippen LogP) is 1.79. The number of aliphatic carboxylic acids is 1. The van der Waals surface area contributed by atoms with E-state index in [1.165, 1.54) is 13.8 Å².